The zero-order valence-corrected chi connectivity index (χ0v) is 27.4. The van der Waals surface area contributed by atoms with Crippen molar-refractivity contribution in [2.75, 3.05) is 6.54 Å². The summed E-state index contributed by atoms with van der Waals surface area (Å²) >= 11 is 0. The van der Waals surface area contributed by atoms with Gasteiger partial charge in [0.25, 0.3) is 11.8 Å². The van der Waals surface area contributed by atoms with Gasteiger partial charge in [-0.05, 0) is 55.3 Å². The summed E-state index contributed by atoms with van der Waals surface area (Å²) in [5.74, 6) is -3.98. The molecule has 13 nitrogen and oxygen atoms in total. The van der Waals surface area contributed by atoms with Crippen molar-refractivity contribution in [2.45, 2.75) is 116 Å². The fourth-order valence-electron chi connectivity index (χ4n) is 7.40. The largest absolute Gasteiger partial charge is 0.363 e. The fourth-order valence-corrected chi connectivity index (χ4v) is 7.40. The first kappa shape index (κ1) is 35.0. The molecular weight excluding hydrogens is 590 g/mol. The number of nitrogens with one attached hydrogen (secondary N) is 3. The first-order valence-corrected chi connectivity index (χ1v) is 16.6. The van der Waals surface area contributed by atoms with Crippen LogP contribution in [0.3, 0.4) is 0 Å². The van der Waals surface area contributed by atoms with Crippen molar-refractivity contribution in [2.24, 2.45) is 28.9 Å². The fraction of sp³-hybridized carbons (Fsp3) is 0.697. The van der Waals surface area contributed by atoms with Crippen LogP contribution in [0.2, 0.25) is 0 Å². The summed E-state index contributed by atoms with van der Waals surface area (Å²) in [6.07, 6.45) is 12.0. The number of likely N-dealkylation sites (tertiary alicyclic amines) is 1. The molecule has 0 spiro atoms. The number of carbonyl (C=O) groups excluding carboxylic acids is 6. The smallest absolute Gasteiger partial charge is 0.287 e. The number of amides is 5. The molecule has 2 heterocycles. The summed E-state index contributed by atoms with van der Waals surface area (Å²) in [6, 6.07) is -3.82. The molecule has 1 unspecified atom stereocenters. The van der Waals surface area contributed by atoms with Crippen molar-refractivity contribution in [3.63, 3.8) is 0 Å². The summed E-state index contributed by atoms with van der Waals surface area (Å²) in [5.41, 5.74) is 4.60. The topological polar surface area (TPSA) is 194 Å². The lowest BCUT2D eigenvalue weighted by molar-refractivity contribution is -0.146. The number of nitrogens with zero attached hydrogens (tertiary/aromatic N) is 3. The minimum atomic E-state index is -1.12. The first-order valence-electron chi connectivity index (χ1n) is 16.6. The van der Waals surface area contributed by atoms with Crippen LogP contribution < -0.4 is 21.7 Å². The summed E-state index contributed by atoms with van der Waals surface area (Å²) in [5, 5.41) is 8.57. The van der Waals surface area contributed by atoms with Gasteiger partial charge in [0.2, 0.25) is 23.5 Å². The van der Waals surface area contributed by atoms with Crippen molar-refractivity contribution in [3.8, 4) is 0 Å². The zero-order valence-electron chi connectivity index (χ0n) is 27.4. The van der Waals surface area contributed by atoms with Gasteiger partial charge in [0.05, 0.1) is 12.2 Å². The Hall–Kier alpha value is -3.90. The lowest BCUT2D eigenvalue weighted by Gasteiger charge is -2.38. The van der Waals surface area contributed by atoms with Gasteiger partial charge >= 0.3 is 0 Å². The maximum atomic E-state index is 14.5. The normalized spacial score (nSPS) is 23.5. The molecule has 5 amide bonds. The third-order valence-corrected chi connectivity index (χ3v) is 9.78. The summed E-state index contributed by atoms with van der Waals surface area (Å²) in [7, 11) is 0. The molecule has 2 saturated carbocycles. The van der Waals surface area contributed by atoms with Crippen LogP contribution in [0.5, 0.6) is 0 Å². The van der Waals surface area contributed by atoms with Gasteiger partial charge in [0.15, 0.2) is 0 Å². The van der Waals surface area contributed by atoms with Crippen molar-refractivity contribution in [3.05, 3.63) is 24.3 Å². The maximum Gasteiger partial charge on any atom is 0.287 e. The number of hydrogen-bond donors (Lipinski definition) is 4. The van der Waals surface area contributed by atoms with Crippen molar-refractivity contribution in [1.82, 2.24) is 30.8 Å². The standard InChI is InChI=1S/C33H49N7O6/c1-5-10-22(26(41)28(34)42)37-31(45)25-21-14-9-13-20(21)18-40(25)32(46)27(33(2,3)4)39-30(44)24(19-11-7-6-8-12-19)38-29(43)23-17-35-15-16-36-23/h15-17,19-22,24-25,27H,5-14,18H2,1-4H3,(H2,34,42)(H,37,45)(H,38,43)(H,39,44)/t20-,21-,22?,24-,25-,27+/m0/s1. The van der Waals surface area contributed by atoms with E-state index in [1.165, 1.54) is 18.6 Å². The molecule has 0 bridgehead atoms. The van der Waals surface area contributed by atoms with Gasteiger partial charge in [0, 0.05) is 18.9 Å². The molecule has 1 saturated heterocycles. The molecular formula is C33H49N7O6. The maximum absolute atomic E-state index is 14.5. The zero-order chi connectivity index (χ0) is 33.6. The van der Waals surface area contributed by atoms with E-state index in [0.29, 0.717) is 13.0 Å². The number of carbonyl (C=O) groups is 6. The number of hydrogen-bond acceptors (Lipinski definition) is 8. The molecule has 46 heavy (non-hydrogen) atoms. The number of aromatic nitrogens is 2. The highest BCUT2D eigenvalue weighted by atomic mass is 16.2. The van der Waals surface area contributed by atoms with E-state index in [9.17, 15) is 28.8 Å². The van der Waals surface area contributed by atoms with E-state index in [1.54, 1.807) is 4.90 Å². The summed E-state index contributed by atoms with van der Waals surface area (Å²) in [4.78, 5) is 89.2. The van der Waals surface area contributed by atoms with E-state index >= 15 is 0 Å². The second-order valence-corrected chi connectivity index (χ2v) is 14.1. The Balaban J connectivity index is 1.58. The lowest BCUT2D eigenvalue weighted by atomic mass is 9.82. The Kier molecular flexibility index (Phi) is 11.5. The van der Waals surface area contributed by atoms with E-state index in [4.69, 9.17) is 5.73 Å². The molecule has 0 radical (unpaired) electrons. The molecule has 3 aliphatic rings. The monoisotopic (exact) mass is 639 g/mol. The molecule has 6 atom stereocenters. The molecule has 252 valence electrons. The highest BCUT2D eigenvalue weighted by Gasteiger charge is 2.52. The van der Waals surface area contributed by atoms with E-state index in [0.717, 1.165) is 51.4 Å². The van der Waals surface area contributed by atoms with Crippen molar-refractivity contribution >= 4 is 35.3 Å². The van der Waals surface area contributed by atoms with Gasteiger partial charge < -0.3 is 26.6 Å². The second kappa shape index (κ2) is 15.1. The molecule has 5 N–H and O–H groups in total. The quantitative estimate of drug-likeness (QED) is 0.248. The number of nitrogens with two attached hydrogens (primary N) is 1. The number of fused-ring (bicyclic) bond motifs is 1. The number of rotatable bonds is 12. The molecule has 0 aromatic carbocycles. The summed E-state index contributed by atoms with van der Waals surface area (Å²) in [6.45, 7) is 7.72. The predicted molar refractivity (Wildman–Crippen MR) is 169 cm³/mol. The van der Waals surface area contributed by atoms with Crippen LogP contribution in [0.15, 0.2) is 18.6 Å². The van der Waals surface area contributed by atoms with Crippen LogP contribution in [0, 0.1) is 23.2 Å². The third kappa shape index (κ3) is 8.08. The first-order chi connectivity index (χ1) is 21.8. The minimum Gasteiger partial charge on any atom is -0.363 e. The van der Waals surface area contributed by atoms with Crippen LogP contribution >= 0.6 is 0 Å². The van der Waals surface area contributed by atoms with E-state index < -0.39 is 64.9 Å². The van der Waals surface area contributed by atoms with Gasteiger partial charge in [-0.1, -0.05) is 59.8 Å². The van der Waals surface area contributed by atoms with Gasteiger partial charge in [-0.2, -0.15) is 0 Å². The number of primary amides is 1. The lowest BCUT2D eigenvalue weighted by Crippen LogP contribution is -2.62. The van der Waals surface area contributed by atoms with Gasteiger partial charge in [-0.25, -0.2) is 4.98 Å². The van der Waals surface area contributed by atoms with E-state index in [1.807, 2.05) is 27.7 Å². The van der Waals surface area contributed by atoms with Gasteiger partial charge in [-0.15, -0.1) is 0 Å². The number of Topliss-reactive ketones (excluding diaryl/α,β-unsaturated/α-hetero) is 1. The Labute approximate surface area is 270 Å². The van der Waals surface area contributed by atoms with Crippen LogP contribution in [0.25, 0.3) is 0 Å². The van der Waals surface area contributed by atoms with Crippen LogP contribution in [0.1, 0.15) is 102 Å². The van der Waals surface area contributed by atoms with E-state index in [2.05, 4.69) is 25.9 Å². The predicted octanol–water partition coefficient (Wildman–Crippen LogP) is 1.65. The molecule has 1 aromatic rings. The highest BCUT2D eigenvalue weighted by molar-refractivity contribution is 6.37. The Morgan fingerprint density at radius 2 is 1.67 bits per heavy atom. The molecule has 1 aromatic heterocycles. The molecule has 2 aliphatic carbocycles. The second-order valence-electron chi connectivity index (χ2n) is 14.1. The Morgan fingerprint density at radius 1 is 0.957 bits per heavy atom. The van der Waals surface area contributed by atoms with Gasteiger partial charge in [0.1, 0.15) is 23.8 Å². The van der Waals surface area contributed by atoms with Crippen LogP contribution in [-0.2, 0) is 24.0 Å². The van der Waals surface area contributed by atoms with Gasteiger partial charge in [-0.3, -0.25) is 33.8 Å². The number of ketones is 1. The van der Waals surface area contributed by atoms with E-state index in [-0.39, 0.29) is 29.9 Å². The van der Waals surface area contributed by atoms with Crippen molar-refractivity contribution in [1.29, 1.82) is 0 Å². The Morgan fingerprint density at radius 3 is 2.28 bits per heavy atom. The molecule has 13 heteroatoms. The SMILES string of the molecule is CCCC(NC(=O)[C@@H]1[C@H]2CCC[C@H]2CN1C(=O)[C@@H](NC(=O)[C@@H](NC(=O)c1cnccn1)C1CCCCC1)C(C)(C)C)C(=O)C(N)=O. The molecule has 3 fully saturated rings. The highest BCUT2D eigenvalue weighted by Crippen LogP contribution is 2.43. The van der Waals surface area contributed by atoms with Crippen LogP contribution in [0.4, 0.5) is 0 Å². The molecule has 4 rings (SSSR count). The molecule has 1 aliphatic heterocycles. The van der Waals surface area contributed by atoms with Crippen LogP contribution in [-0.4, -0.2) is 80.9 Å². The van der Waals surface area contributed by atoms with Crippen molar-refractivity contribution < 1.29 is 28.8 Å². The summed E-state index contributed by atoms with van der Waals surface area (Å²) < 4.78 is 0. The Bertz CT molecular complexity index is 1290. The third-order valence-electron chi connectivity index (χ3n) is 9.78. The average Bonchev–Trinajstić information content (AvgIpc) is 3.63. The minimum absolute atomic E-state index is 0.0909. The average molecular weight is 640 g/mol.